The van der Waals surface area contributed by atoms with E-state index in [2.05, 4.69) is 30.3 Å². The largest absolute Gasteiger partial charge is 0.394 e. The third kappa shape index (κ3) is 3.80. The Labute approximate surface area is 185 Å². The van der Waals surface area contributed by atoms with Crippen LogP contribution < -0.4 is 0 Å². The highest BCUT2D eigenvalue weighted by Gasteiger charge is 2.68. The van der Waals surface area contributed by atoms with E-state index >= 15 is 0 Å². The van der Waals surface area contributed by atoms with Gasteiger partial charge in [-0.3, -0.25) is 9.59 Å². The first-order valence-corrected chi connectivity index (χ1v) is 11.5. The predicted octanol–water partition coefficient (Wildman–Crippen LogP) is 2.34. The fraction of sp³-hybridized carbons (Fsp3) is 0.600. The van der Waals surface area contributed by atoms with Gasteiger partial charge in [0.05, 0.1) is 24.7 Å². The summed E-state index contributed by atoms with van der Waals surface area (Å²) in [7, 11) is 3.76. The number of amides is 2. The Balaban J connectivity index is 1.60. The number of allylic oxidation sites excluding steroid dienone is 1. The van der Waals surface area contributed by atoms with E-state index in [1.54, 1.807) is 0 Å². The van der Waals surface area contributed by atoms with Crippen LogP contribution in [0.5, 0.6) is 0 Å². The van der Waals surface area contributed by atoms with Gasteiger partial charge in [0, 0.05) is 24.9 Å². The van der Waals surface area contributed by atoms with E-state index in [0.717, 1.165) is 36.8 Å². The number of benzene rings is 1. The number of likely N-dealkylation sites (tertiary alicyclic amines) is 2. The lowest BCUT2D eigenvalue weighted by Gasteiger charge is -2.70. The van der Waals surface area contributed by atoms with E-state index in [0.29, 0.717) is 19.6 Å². The molecule has 2 atom stereocenters. The van der Waals surface area contributed by atoms with Gasteiger partial charge >= 0.3 is 0 Å². The highest BCUT2D eigenvalue weighted by molar-refractivity contribution is 5.84. The third-order valence-corrected chi connectivity index (χ3v) is 7.28. The molecule has 1 N–H and O–H groups in total. The number of carbonyl (C=O) groups is 2. The van der Waals surface area contributed by atoms with E-state index < -0.39 is 5.54 Å². The van der Waals surface area contributed by atoms with Crippen LogP contribution in [0, 0.1) is 5.92 Å². The van der Waals surface area contributed by atoms with Crippen molar-refractivity contribution in [1.82, 2.24) is 14.7 Å². The summed E-state index contributed by atoms with van der Waals surface area (Å²) < 4.78 is 0. The van der Waals surface area contributed by atoms with E-state index in [4.69, 9.17) is 0 Å². The van der Waals surface area contributed by atoms with Gasteiger partial charge in [0.2, 0.25) is 11.8 Å². The van der Waals surface area contributed by atoms with Gasteiger partial charge in [-0.15, -0.1) is 0 Å². The zero-order valence-corrected chi connectivity index (χ0v) is 19.0. The Bertz CT molecular complexity index is 836. The summed E-state index contributed by atoms with van der Waals surface area (Å²) in [5.41, 5.74) is 1.86. The van der Waals surface area contributed by atoms with Crippen molar-refractivity contribution in [3.63, 3.8) is 0 Å². The van der Waals surface area contributed by atoms with Crippen LogP contribution in [-0.2, 0) is 9.59 Å². The zero-order chi connectivity index (χ0) is 22.2. The van der Waals surface area contributed by atoms with Crippen LogP contribution in [0.1, 0.15) is 49.7 Å². The molecule has 3 aliphatic rings. The average molecular weight is 426 g/mol. The van der Waals surface area contributed by atoms with Crippen LogP contribution in [0.15, 0.2) is 30.3 Å². The lowest BCUT2D eigenvalue weighted by molar-refractivity contribution is -0.204. The molecule has 4 rings (SSSR count). The van der Waals surface area contributed by atoms with Crippen molar-refractivity contribution in [2.45, 2.75) is 50.1 Å². The van der Waals surface area contributed by atoms with E-state index in [1.807, 2.05) is 41.8 Å². The summed E-state index contributed by atoms with van der Waals surface area (Å²) >= 11 is 0. The number of aliphatic hydroxyl groups is 1. The number of aliphatic hydroxyl groups excluding tert-OH is 1. The summed E-state index contributed by atoms with van der Waals surface area (Å²) in [5, 5.41) is 10.2. The van der Waals surface area contributed by atoms with Crippen molar-refractivity contribution in [2.24, 2.45) is 5.92 Å². The first-order chi connectivity index (χ1) is 14.9. The highest BCUT2D eigenvalue weighted by atomic mass is 16.3. The molecule has 1 spiro atoms. The smallest absolute Gasteiger partial charge is 0.237 e. The molecule has 2 amide bonds. The van der Waals surface area contributed by atoms with Gasteiger partial charge in [0.1, 0.15) is 0 Å². The van der Waals surface area contributed by atoms with Crippen LogP contribution in [0.25, 0.3) is 6.08 Å². The maximum absolute atomic E-state index is 13.1. The molecule has 1 aromatic carbocycles. The standard InChI is InChI=1S/C25H35N3O3/c1-4-7-18-10-12-19(13-11-18)23-21(15-29)28(22(30)14-26(2)3)25(23)16-27(17-25)24(31)20-8-5-6-9-20/h4,7,10-13,20-21,23,29H,5-6,8-9,14-17H2,1-3H3/b7-4+/t21-,23-/m1/s1. The zero-order valence-electron chi connectivity index (χ0n) is 19.0. The molecule has 1 aliphatic carbocycles. The maximum atomic E-state index is 13.1. The van der Waals surface area contributed by atoms with Gasteiger partial charge in [-0.25, -0.2) is 0 Å². The quantitative estimate of drug-likeness (QED) is 0.760. The molecule has 2 aliphatic heterocycles. The molecular weight excluding hydrogens is 390 g/mol. The number of likely N-dealkylation sites (N-methyl/N-ethyl adjacent to an activating group) is 1. The SMILES string of the molecule is C/C=C/c1ccc([C@@H]2[C@@H](CO)N(C(=O)CN(C)C)C23CN(C(=O)C2CCCC2)C3)cc1. The lowest BCUT2D eigenvalue weighted by atomic mass is 9.60. The Morgan fingerprint density at radius 1 is 1.16 bits per heavy atom. The number of carbonyl (C=O) groups excluding carboxylic acids is 2. The molecule has 1 saturated carbocycles. The summed E-state index contributed by atoms with van der Waals surface area (Å²) in [6, 6.07) is 8.15. The second-order valence-corrected chi connectivity index (χ2v) is 9.68. The molecule has 1 aromatic rings. The summed E-state index contributed by atoms with van der Waals surface area (Å²) in [4.78, 5) is 31.8. The fourth-order valence-electron chi connectivity index (χ4n) is 5.96. The second kappa shape index (κ2) is 8.75. The topological polar surface area (TPSA) is 64.1 Å². The fourth-order valence-corrected chi connectivity index (χ4v) is 5.96. The molecule has 6 heteroatoms. The van der Waals surface area contributed by atoms with E-state index in [-0.39, 0.29) is 36.3 Å². The number of rotatable bonds is 6. The third-order valence-electron chi connectivity index (χ3n) is 7.28. The van der Waals surface area contributed by atoms with Crippen molar-refractivity contribution in [1.29, 1.82) is 0 Å². The van der Waals surface area contributed by atoms with Crippen molar-refractivity contribution in [3.8, 4) is 0 Å². The van der Waals surface area contributed by atoms with Gasteiger partial charge in [0.15, 0.2) is 0 Å². The Kier molecular flexibility index (Phi) is 6.22. The molecular formula is C25H35N3O3. The summed E-state index contributed by atoms with van der Waals surface area (Å²) in [5.74, 6) is 0.461. The number of hydrogen-bond donors (Lipinski definition) is 1. The van der Waals surface area contributed by atoms with Crippen molar-refractivity contribution >= 4 is 17.9 Å². The normalized spacial score (nSPS) is 25.3. The molecule has 3 fully saturated rings. The predicted molar refractivity (Wildman–Crippen MR) is 121 cm³/mol. The minimum Gasteiger partial charge on any atom is -0.394 e. The van der Waals surface area contributed by atoms with Gasteiger partial charge in [-0.1, -0.05) is 49.3 Å². The van der Waals surface area contributed by atoms with Crippen LogP contribution >= 0.6 is 0 Å². The molecule has 2 heterocycles. The minimum atomic E-state index is -0.406. The maximum Gasteiger partial charge on any atom is 0.237 e. The molecule has 0 radical (unpaired) electrons. The van der Waals surface area contributed by atoms with E-state index in [9.17, 15) is 14.7 Å². The molecule has 31 heavy (non-hydrogen) atoms. The second-order valence-electron chi connectivity index (χ2n) is 9.68. The van der Waals surface area contributed by atoms with Crippen LogP contribution in [0.2, 0.25) is 0 Å². The van der Waals surface area contributed by atoms with E-state index in [1.165, 1.54) is 0 Å². The van der Waals surface area contributed by atoms with Gasteiger partial charge in [-0.2, -0.15) is 0 Å². The first kappa shape index (κ1) is 22.0. The molecule has 2 saturated heterocycles. The molecule has 168 valence electrons. The van der Waals surface area contributed by atoms with Crippen LogP contribution in [0.4, 0.5) is 0 Å². The molecule has 0 bridgehead atoms. The molecule has 0 aromatic heterocycles. The Morgan fingerprint density at radius 3 is 2.35 bits per heavy atom. The highest BCUT2D eigenvalue weighted by Crippen LogP contribution is 2.54. The van der Waals surface area contributed by atoms with Crippen molar-refractivity contribution in [2.75, 3.05) is 40.3 Å². The number of hydrogen-bond acceptors (Lipinski definition) is 4. The Hall–Kier alpha value is -2.18. The van der Waals surface area contributed by atoms with Gasteiger partial charge < -0.3 is 19.8 Å². The molecule has 6 nitrogen and oxygen atoms in total. The van der Waals surface area contributed by atoms with Crippen molar-refractivity contribution < 1.29 is 14.7 Å². The summed E-state index contributed by atoms with van der Waals surface area (Å²) in [6.07, 6.45) is 8.31. The number of nitrogens with zero attached hydrogens (tertiary/aromatic N) is 3. The van der Waals surface area contributed by atoms with Crippen molar-refractivity contribution in [3.05, 3.63) is 41.5 Å². The van der Waals surface area contributed by atoms with Gasteiger partial charge in [0.25, 0.3) is 0 Å². The van der Waals surface area contributed by atoms with Crippen LogP contribution in [0.3, 0.4) is 0 Å². The monoisotopic (exact) mass is 425 g/mol. The molecule has 0 unspecified atom stereocenters. The average Bonchev–Trinajstić information content (AvgIpc) is 3.22. The lowest BCUT2D eigenvalue weighted by Crippen LogP contribution is -2.86. The summed E-state index contributed by atoms with van der Waals surface area (Å²) in [6.45, 7) is 3.37. The minimum absolute atomic E-state index is 0.0267. The Morgan fingerprint density at radius 2 is 1.81 bits per heavy atom. The van der Waals surface area contributed by atoms with Crippen LogP contribution in [-0.4, -0.2) is 83.5 Å². The van der Waals surface area contributed by atoms with Gasteiger partial charge in [-0.05, 0) is 45.0 Å². The first-order valence-electron chi connectivity index (χ1n) is 11.5.